The molecule has 0 amide bonds. The molecule has 0 spiro atoms. The maximum Gasteiger partial charge on any atom is 0.0718 e. The van der Waals surface area contributed by atoms with Crippen molar-refractivity contribution in [3.63, 3.8) is 0 Å². The Balaban J connectivity index is 1.77. The predicted molar refractivity (Wildman–Crippen MR) is 112 cm³/mol. The standard InChI is InChI=1S/C22H36O7/c1-20(2)22-5-3-21(4-6-22)19-29-18-17-28-16-15-27-14-13-26-12-11-25-10-9-24-8-7-23/h3-6,23H,1,7-19H2,2H3. The van der Waals surface area contributed by atoms with Gasteiger partial charge in [0.25, 0.3) is 0 Å². The first-order valence-corrected chi connectivity index (χ1v) is 10.1. The van der Waals surface area contributed by atoms with Gasteiger partial charge in [-0.25, -0.2) is 0 Å². The fraction of sp³-hybridized carbons (Fsp3) is 0.636. The molecule has 0 aliphatic heterocycles. The lowest BCUT2D eigenvalue weighted by Gasteiger charge is -2.08. The predicted octanol–water partition coefficient (Wildman–Crippen LogP) is 2.31. The van der Waals surface area contributed by atoms with Crippen LogP contribution in [0.25, 0.3) is 5.57 Å². The summed E-state index contributed by atoms with van der Waals surface area (Å²) in [6, 6.07) is 8.23. The minimum Gasteiger partial charge on any atom is -0.394 e. The van der Waals surface area contributed by atoms with Gasteiger partial charge >= 0.3 is 0 Å². The van der Waals surface area contributed by atoms with Crippen LogP contribution in [0, 0.1) is 0 Å². The quantitative estimate of drug-likeness (QED) is 0.329. The molecule has 0 radical (unpaired) electrons. The fourth-order valence-corrected chi connectivity index (χ4v) is 2.24. The van der Waals surface area contributed by atoms with Gasteiger partial charge in [-0.3, -0.25) is 0 Å². The van der Waals surface area contributed by atoms with Crippen molar-refractivity contribution >= 4 is 5.57 Å². The lowest BCUT2D eigenvalue weighted by molar-refractivity contribution is -0.0190. The zero-order valence-corrected chi connectivity index (χ0v) is 17.6. The highest BCUT2D eigenvalue weighted by atomic mass is 16.6. The van der Waals surface area contributed by atoms with Crippen molar-refractivity contribution in [3.8, 4) is 0 Å². The van der Waals surface area contributed by atoms with Crippen molar-refractivity contribution in [2.75, 3.05) is 79.3 Å². The van der Waals surface area contributed by atoms with Gasteiger partial charge in [0.2, 0.25) is 0 Å². The van der Waals surface area contributed by atoms with Gasteiger partial charge in [0, 0.05) is 0 Å². The first kappa shape index (κ1) is 25.7. The van der Waals surface area contributed by atoms with Gasteiger partial charge in [0.05, 0.1) is 85.9 Å². The zero-order valence-electron chi connectivity index (χ0n) is 17.6. The van der Waals surface area contributed by atoms with Crippen LogP contribution < -0.4 is 0 Å². The number of ether oxygens (including phenoxy) is 6. The highest BCUT2D eigenvalue weighted by Crippen LogP contribution is 2.12. The Morgan fingerprint density at radius 3 is 1.41 bits per heavy atom. The molecule has 7 heteroatoms. The summed E-state index contributed by atoms with van der Waals surface area (Å²) in [6.07, 6.45) is 0. The summed E-state index contributed by atoms with van der Waals surface area (Å²) < 4.78 is 32.3. The summed E-state index contributed by atoms with van der Waals surface area (Å²) in [6.45, 7) is 12.1. The summed E-state index contributed by atoms with van der Waals surface area (Å²) in [5.41, 5.74) is 3.35. The SMILES string of the molecule is C=C(C)c1ccc(COCCOCCOCCOCCOCCOCCO)cc1. The van der Waals surface area contributed by atoms with Crippen LogP contribution in [0.3, 0.4) is 0 Å². The molecule has 0 heterocycles. The second-order valence-corrected chi connectivity index (χ2v) is 6.32. The first-order valence-electron chi connectivity index (χ1n) is 10.1. The van der Waals surface area contributed by atoms with Crippen molar-refractivity contribution in [1.82, 2.24) is 0 Å². The van der Waals surface area contributed by atoms with Crippen LogP contribution in [0.15, 0.2) is 30.8 Å². The topological polar surface area (TPSA) is 75.6 Å². The van der Waals surface area contributed by atoms with Crippen molar-refractivity contribution in [3.05, 3.63) is 42.0 Å². The largest absolute Gasteiger partial charge is 0.394 e. The normalized spacial score (nSPS) is 11.1. The van der Waals surface area contributed by atoms with E-state index in [2.05, 4.69) is 30.8 Å². The molecule has 0 atom stereocenters. The van der Waals surface area contributed by atoms with E-state index in [-0.39, 0.29) is 6.61 Å². The number of rotatable bonds is 20. The van der Waals surface area contributed by atoms with E-state index in [0.29, 0.717) is 79.3 Å². The summed E-state index contributed by atoms with van der Waals surface area (Å²) >= 11 is 0. The molecule has 0 saturated carbocycles. The maximum absolute atomic E-state index is 8.54. The van der Waals surface area contributed by atoms with Gasteiger partial charge in [0.1, 0.15) is 0 Å². The van der Waals surface area contributed by atoms with E-state index in [1.54, 1.807) is 0 Å². The van der Waals surface area contributed by atoms with Crippen molar-refractivity contribution in [2.45, 2.75) is 13.5 Å². The minimum atomic E-state index is 0.0350. The van der Waals surface area contributed by atoms with E-state index in [1.165, 1.54) is 0 Å². The molecule has 166 valence electrons. The second-order valence-electron chi connectivity index (χ2n) is 6.32. The van der Waals surface area contributed by atoms with Crippen LogP contribution in [-0.2, 0) is 35.0 Å². The summed E-state index contributed by atoms with van der Waals surface area (Å²) in [5.74, 6) is 0. The van der Waals surface area contributed by atoms with Crippen molar-refractivity contribution in [2.24, 2.45) is 0 Å². The van der Waals surface area contributed by atoms with Gasteiger partial charge in [0.15, 0.2) is 0 Å². The molecule has 29 heavy (non-hydrogen) atoms. The zero-order chi connectivity index (χ0) is 21.0. The number of aliphatic hydroxyl groups excluding tert-OH is 1. The molecule has 0 aromatic heterocycles. The molecule has 0 fully saturated rings. The third kappa shape index (κ3) is 15.2. The Kier molecular flexibility index (Phi) is 16.6. The van der Waals surface area contributed by atoms with Crippen LogP contribution in [0.1, 0.15) is 18.1 Å². The molecular weight excluding hydrogens is 376 g/mol. The monoisotopic (exact) mass is 412 g/mol. The Bertz CT molecular complexity index is 504. The molecule has 0 unspecified atom stereocenters. The Hall–Kier alpha value is -1.32. The fourth-order valence-electron chi connectivity index (χ4n) is 2.24. The number of hydrogen-bond acceptors (Lipinski definition) is 7. The molecule has 0 bridgehead atoms. The van der Waals surface area contributed by atoms with Crippen LogP contribution in [0.2, 0.25) is 0 Å². The molecule has 0 aliphatic rings. The number of allylic oxidation sites excluding steroid dienone is 1. The Labute approximate surface area is 174 Å². The molecule has 0 aliphatic carbocycles. The number of benzene rings is 1. The molecule has 1 N–H and O–H groups in total. The molecule has 1 aromatic carbocycles. The van der Waals surface area contributed by atoms with E-state index in [0.717, 1.165) is 16.7 Å². The van der Waals surface area contributed by atoms with E-state index >= 15 is 0 Å². The average molecular weight is 413 g/mol. The number of aliphatic hydroxyl groups is 1. The van der Waals surface area contributed by atoms with Gasteiger partial charge in [-0.1, -0.05) is 36.4 Å². The number of hydrogen-bond donors (Lipinski definition) is 1. The summed E-state index contributed by atoms with van der Waals surface area (Å²) in [4.78, 5) is 0. The second kappa shape index (κ2) is 18.7. The average Bonchev–Trinajstić information content (AvgIpc) is 2.73. The van der Waals surface area contributed by atoms with Gasteiger partial charge in [-0.2, -0.15) is 0 Å². The van der Waals surface area contributed by atoms with Gasteiger partial charge < -0.3 is 33.5 Å². The first-order chi connectivity index (χ1) is 14.2. The Morgan fingerprint density at radius 1 is 0.655 bits per heavy atom. The summed E-state index contributed by atoms with van der Waals surface area (Å²) in [5, 5.41) is 8.54. The molecular formula is C22H36O7. The highest BCUT2D eigenvalue weighted by molar-refractivity contribution is 5.61. The van der Waals surface area contributed by atoms with Gasteiger partial charge in [-0.05, 0) is 18.1 Å². The molecule has 1 aromatic rings. The van der Waals surface area contributed by atoms with Gasteiger partial charge in [-0.15, -0.1) is 0 Å². The molecule has 0 saturated heterocycles. The Morgan fingerprint density at radius 2 is 1.03 bits per heavy atom. The van der Waals surface area contributed by atoms with Crippen LogP contribution in [0.5, 0.6) is 0 Å². The van der Waals surface area contributed by atoms with Crippen molar-refractivity contribution in [1.29, 1.82) is 0 Å². The summed E-state index contributed by atoms with van der Waals surface area (Å²) in [7, 11) is 0. The lowest BCUT2D eigenvalue weighted by Crippen LogP contribution is -2.14. The smallest absolute Gasteiger partial charge is 0.0718 e. The van der Waals surface area contributed by atoms with Crippen LogP contribution >= 0.6 is 0 Å². The minimum absolute atomic E-state index is 0.0350. The third-order valence-electron chi connectivity index (χ3n) is 3.81. The third-order valence-corrected chi connectivity index (χ3v) is 3.81. The van der Waals surface area contributed by atoms with Crippen molar-refractivity contribution < 1.29 is 33.5 Å². The highest BCUT2D eigenvalue weighted by Gasteiger charge is 1.97. The molecule has 7 nitrogen and oxygen atoms in total. The van der Waals surface area contributed by atoms with E-state index in [1.807, 2.05) is 6.92 Å². The molecule has 1 rings (SSSR count). The van der Waals surface area contributed by atoms with E-state index in [4.69, 9.17) is 33.5 Å². The van der Waals surface area contributed by atoms with Crippen LogP contribution in [-0.4, -0.2) is 84.4 Å². The van der Waals surface area contributed by atoms with E-state index in [9.17, 15) is 0 Å². The lowest BCUT2D eigenvalue weighted by atomic mass is 10.1. The maximum atomic E-state index is 8.54. The van der Waals surface area contributed by atoms with E-state index < -0.39 is 0 Å². The van der Waals surface area contributed by atoms with Crippen LogP contribution in [0.4, 0.5) is 0 Å².